The van der Waals surface area contributed by atoms with E-state index in [0.717, 1.165) is 6.26 Å². The molecule has 20 heavy (non-hydrogen) atoms. The van der Waals surface area contributed by atoms with Gasteiger partial charge in [0.1, 0.15) is 0 Å². The van der Waals surface area contributed by atoms with E-state index in [1.807, 2.05) is 6.07 Å². The molecule has 0 fully saturated rings. The van der Waals surface area contributed by atoms with Crippen LogP contribution in [0.2, 0.25) is 0 Å². The van der Waals surface area contributed by atoms with Crippen LogP contribution in [-0.4, -0.2) is 32.0 Å². The summed E-state index contributed by atoms with van der Waals surface area (Å²) in [5.74, 6) is -0.349. The fourth-order valence-electron chi connectivity index (χ4n) is 1.54. The summed E-state index contributed by atoms with van der Waals surface area (Å²) in [4.78, 5) is 15.8. The first-order valence-electron chi connectivity index (χ1n) is 5.78. The number of hydrogen-bond donors (Lipinski definition) is 0. The van der Waals surface area contributed by atoms with E-state index in [1.54, 1.807) is 36.4 Å². The van der Waals surface area contributed by atoms with Gasteiger partial charge in [0.25, 0.3) is 15.9 Å². The Morgan fingerprint density at radius 3 is 2.05 bits per heavy atom. The third-order valence-electron chi connectivity index (χ3n) is 2.37. The van der Waals surface area contributed by atoms with Crippen LogP contribution in [0, 0.1) is 0 Å². The van der Waals surface area contributed by atoms with Crippen molar-refractivity contribution in [2.75, 3.05) is 6.26 Å². The number of benzene rings is 1. The second-order valence-electron chi connectivity index (χ2n) is 4.12. The summed E-state index contributed by atoms with van der Waals surface area (Å²) in [6.07, 6.45) is 7.11. The van der Waals surface area contributed by atoms with Crippen molar-refractivity contribution in [3.05, 3.63) is 60.2 Å². The van der Waals surface area contributed by atoms with Gasteiger partial charge >= 0.3 is 0 Å². The van der Waals surface area contributed by atoms with Crippen molar-refractivity contribution in [3.8, 4) is 0 Å². The molecule has 0 saturated heterocycles. The molecule has 2 rings (SSSR count). The molecule has 0 aliphatic heterocycles. The van der Waals surface area contributed by atoms with Gasteiger partial charge in [0.2, 0.25) is 0 Å². The van der Waals surface area contributed by atoms with E-state index in [9.17, 15) is 13.2 Å². The molecule has 0 aromatic heterocycles. The molecular formula is C14H12N2O3S. The third-order valence-corrected chi connectivity index (χ3v) is 2.91. The fourth-order valence-corrected chi connectivity index (χ4v) is 2.05. The summed E-state index contributed by atoms with van der Waals surface area (Å²) >= 11 is 0. The number of aliphatic imine (C=N–C) groups is 1. The third kappa shape index (κ3) is 4.10. The molecule has 1 aliphatic rings. The van der Waals surface area contributed by atoms with Crippen LogP contribution in [0.15, 0.2) is 64.0 Å². The lowest BCUT2D eigenvalue weighted by Gasteiger charge is -2.01. The van der Waals surface area contributed by atoms with E-state index < -0.39 is 10.0 Å². The van der Waals surface area contributed by atoms with Crippen molar-refractivity contribution in [3.63, 3.8) is 0 Å². The summed E-state index contributed by atoms with van der Waals surface area (Å²) < 4.78 is 25.5. The topological polar surface area (TPSA) is 75.9 Å². The van der Waals surface area contributed by atoms with Crippen molar-refractivity contribution in [2.45, 2.75) is 0 Å². The molecule has 0 spiro atoms. The number of allylic oxidation sites excluding steroid dienone is 4. The van der Waals surface area contributed by atoms with Gasteiger partial charge in [0, 0.05) is 5.56 Å². The second kappa shape index (κ2) is 5.75. The van der Waals surface area contributed by atoms with Gasteiger partial charge in [-0.2, -0.15) is 4.40 Å². The highest BCUT2D eigenvalue weighted by Gasteiger charge is 2.06. The molecule has 0 unspecified atom stereocenters. The van der Waals surface area contributed by atoms with E-state index in [0.29, 0.717) is 17.0 Å². The molecule has 102 valence electrons. The first-order valence-corrected chi connectivity index (χ1v) is 7.63. The van der Waals surface area contributed by atoms with Gasteiger partial charge in [0.15, 0.2) is 0 Å². The van der Waals surface area contributed by atoms with Crippen LogP contribution in [0.3, 0.4) is 0 Å². The number of carbonyl (C=O) groups is 1. The maximum atomic E-state index is 11.8. The Labute approximate surface area is 117 Å². The van der Waals surface area contributed by atoms with Gasteiger partial charge in [-0.1, -0.05) is 18.2 Å². The van der Waals surface area contributed by atoms with Crippen molar-refractivity contribution < 1.29 is 13.2 Å². The summed E-state index contributed by atoms with van der Waals surface area (Å²) in [5, 5.41) is 0. The first kappa shape index (κ1) is 14.1. The van der Waals surface area contributed by atoms with Crippen LogP contribution in [0.5, 0.6) is 0 Å². The number of sulfonamides is 1. The lowest BCUT2D eigenvalue weighted by molar-refractivity contribution is 0.100. The molecule has 0 heterocycles. The second-order valence-corrected chi connectivity index (χ2v) is 5.77. The molecule has 5 nitrogen and oxygen atoms in total. The number of amides is 1. The first-order chi connectivity index (χ1) is 9.44. The molecule has 0 atom stereocenters. The van der Waals surface area contributed by atoms with E-state index in [4.69, 9.17) is 0 Å². The monoisotopic (exact) mass is 288 g/mol. The summed E-state index contributed by atoms with van der Waals surface area (Å²) in [6, 6.07) is 8.70. The Hall–Kier alpha value is -2.34. The Bertz CT molecular complexity index is 724. The molecule has 0 saturated carbocycles. The number of rotatable bonds is 2. The number of nitrogens with zero attached hydrogens (tertiary/aromatic N) is 2. The number of carbonyl (C=O) groups excluding carboxylic acids is 1. The van der Waals surface area contributed by atoms with Crippen molar-refractivity contribution in [2.24, 2.45) is 9.39 Å². The van der Waals surface area contributed by atoms with Crippen LogP contribution in [0.1, 0.15) is 10.4 Å². The molecule has 6 heteroatoms. The molecule has 1 amide bonds. The highest BCUT2D eigenvalue weighted by atomic mass is 32.2. The minimum Gasteiger partial charge on any atom is -0.267 e. The predicted octanol–water partition coefficient (Wildman–Crippen LogP) is 1.79. The maximum absolute atomic E-state index is 11.8. The van der Waals surface area contributed by atoms with Crippen molar-refractivity contribution >= 4 is 27.4 Å². The lowest BCUT2D eigenvalue weighted by atomic mass is 10.1. The minimum absolute atomic E-state index is 0.304. The average Bonchev–Trinajstić information content (AvgIpc) is 2.40. The van der Waals surface area contributed by atoms with Crippen LogP contribution in [0.25, 0.3) is 0 Å². The van der Waals surface area contributed by atoms with Gasteiger partial charge in [-0.3, -0.25) is 4.79 Å². The van der Waals surface area contributed by atoms with Crippen molar-refractivity contribution in [1.82, 2.24) is 0 Å². The maximum Gasteiger partial charge on any atom is 0.277 e. The van der Waals surface area contributed by atoms with Gasteiger partial charge in [0.05, 0.1) is 17.7 Å². The quantitative estimate of drug-likeness (QED) is 0.779. The molecule has 0 N–H and O–H groups in total. The molecule has 0 radical (unpaired) electrons. The zero-order chi connectivity index (χ0) is 14.6. The normalized spacial score (nSPS) is 14.2. The van der Waals surface area contributed by atoms with Gasteiger partial charge in [-0.15, -0.1) is 0 Å². The zero-order valence-corrected chi connectivity index (χ0v) is 11.5. The Balaban J connectivity index is 2.17. The van der Waals surface area contributed by atoms with Crippen LogP contribution < -0.4 is 0 Å². The highest BCUT2D eigenvalue weighted by molar-refractivity contribution is 7.89. The zero-order valence-electron chi connectivity index (χ0n) is 10.7. The average molecular weight is 288 g/mol. The van der Waals surface area contributed by atoms with Crippen molar-refractivity contribution in [1.29, 1.82) is 0 Å². The van der Waals surface area contributed by atoms with Crippen LogP contribution in [-0.2, 0) is 10.0 Å². The minimum atomic E-state index is -3.43. The largest absolute Gasteiger partial charge is 0.277 e. The van der Waals surface area contributed by atoms with E-state index >= 15 is 0 Å². The van der Waals surface area contributed by atoms with E-state index in [2.05, 4.69) is 9.39 Å². The smallest absolute Gasteiger partial charge is 0.267 e. The van der Waals surface area contributed by atoms with E-state index in [1.165, 1.54) is 12.2 Å². The highest BCUT2D eigenvalue weighted by Crippen LogP contribution is 2.05. The lowest BCUT2D eigenvalue weighted by Crippen LogP contribution is -2.05. The van der Waals surface area contributed by atoms with E-state index in [-0.39, 0.29) is 5.91 Å². The Morgan fingerprint density at radius 1 is 0.950 bits per heavy atom. The predicted molar refractivity (Wildman–Crippen MR) is 78.8 cm³/mol. The summed E-state index contributed by atoms with van der Waals surface area (Å²) in [6.45, 7) is 0. The van der Waals surface area contributed by atoms with Gasteiger partial charge < -0.3 is 0 Å². The van der Waals surface area contributed by atoms with Gasteiger partial charge in [-0.05, 0) is 36.4 Å². The molecule has 0 bridgehead atoms. The standard InChI is InChI=1S/C14H12N2O3S/c1-20(18,19)16-13-9-7-12(8-10-13)15-14(17)11-5-3-2-4-6-11/h2-10H,1H3. The molecular weight excluding hydrogens is 276 g/mol. The Kier molecular flexibility index (Phi) is 4.05. The van der Waals surface area contributed by atoms with Crippen LogP contribution >= 0.6 is 0 Å². The molecule has 1 aromatic carbocycles. The summed E-state index contributed by atoms with van der Waals surface area (Å²) in [7, 11) is -3.43. The van der Waals surface area contributed by atoms with Crippen LogP contribution in [0.4, 0.5) is 0 Å². The number of hydrogen-bond acceptors (Lipinski definition) is 3. The summed E-state index contributed by atoms with van der Waals surface area (Å²) in [5.41, 5.74) is 1.25. The SMILES string of the molecule is CS(=O)(=O)N=C1C=CC(=NC(=O)c2ccccc2)C=C1. The Morgan fingerprint density at radius 2 is 1.50 bits per heavy atom. The molecule has 1 aliphatic carbocycles. The van der Waals surface area contributed by atoms with Gasteiger partial charge in [-0.25, -0.2) is 13.4 Å². The fraction of sp³-hybridized carbons (Fsp3) is 0.0714. The molecule has 1 aromatic rings.